The highest BCUT2D eigenvalue weighted by molar-refractivity contribution is 6.99. The van der Waals surface area contributed by atoms with Crippen molar-refractivity contribution in [2.75, 3.05) is 13.2 Å². The van der Waals surface area contributed by atoms with Crippen molar-refractivity contribution in [3.63, 3.8) is 0 Å². The SMILES string of the molecule is CC(C)(C)[Si](OC1CC(=O)C2=C1CCOC2)(c1ccccc1)c1ccccc1. The Hall–Kier alpha value is -2.01. The first-order valence-electron chi connectivity index (χ1n) is 10.1. The molecule has 0 aromatic heterocycles. The third kappa shape index (κ3) is 3.19. The Morgan fingerprint density at radius 2 is 1.54 bits per heavy atom. The van der Waals surface area contributed by atoms with Crippen LogP contribution in [0.3, 0.4) is 0 Å². The van der Waals surface area contributed by atoms with Gasteiger partial charge in [0.15, 0.2) is 5.78 Å². The zero-order valence-electron chi connectivity index (χ0n) is 16.9. The molecule has 1 heterocycles. The van der Waals surface area contributed by atoms with Crippen molar-refractivity contribution < 1.29 is 14.0 Å². The minimum atomic E-state index is -2.65. The Kier molecular flexibility index (Phi) is 5.12. The lowest BCUT2D eigenvalue weighted by Gasteiger charge is -2.45. The summed E-state index contributed by atoms with van der Waals surface area (Å²) in [7, 11) is -2.65. The third-order valence-electron chi connectivity index (χ3n) is 5.98. The second-order valence-corrected chi connectivity index (χ2v) is 13.0. The minimum Gasteiger partial charge on any atom is -0.400 e. The highest BCUT2D eigenvalue weighted by Crippen LogP contribution is 2.41. The molecule has 0 amide bonds. The molecule has 0 saturated heterocycles. The van der Waals surface area contributed by atoms with Crippen LogP contribution in [-0.2, 0) is 14.0 Å². The Balaban J connectivity index is 1.87. The van der Waals surface area contributed by atoms with E-state index in [0.29, 0.717) is 19.6 Å². The van der Waals surface area contributed by atoms with E-state index in [1.54, 1.807) is 0 Å². The molecular formula is C24H28O3Si. The fourth-order valence-electron chi connectivity index (χ4n) is 4.65. The average molecular weight is 393 g/mol. The van der Waals surface area contributed by atoms with Gasteiger partial charge in [0.1, 0.15) is 0 Å². The quantitative estimate of drug-likeness (QED) is 0.746. The molecule has 2 aromatic carbocycles. The molecule has 146 valence electrons. The highest BCUT2D eigenvalue weighted by Gasteiger charge is 2.53. The predicted molar refractivity (Wildman–Crippen MR) is 115 cm³/mol. The zero-order chi connectivity index (χ0) is 19.8. The van der Waals surface area contributed by atoms with Gasteiger partial charge >= 0.3 is 0 Å². The number of benzene rings is 2. The maximum atomic E-state index is 12.6. The van der Waals surface area contributed by atoms with Gasteiger partial charge in [-0.1, -0.05) is 81.4 Å². The van der Waals surface area contributed by atoms with Crippen LogP contribution in [-0.4, -0.2) is 33.4 Å². The van der Waals surface area contributed by atoms with Crippen molar-refractivity contribution in [3.05, 3.63) is 71.8 Å². The lowest BCUT2D eigenvalue weighted by atomic mass is 10.1. The van der Waals surface area contributed by atoms with Crippen molar-refractivity contribution in [1.82, 2.24) is 0 Å². The Labute approximate surface area is 168 Å². The number of rotatable bonds is 4. The first-order chi connectivity index (χ1) is 13.4. The second kappa shape index (κ2) is 7.43. The van der Waals surface area contributed by atoms with Crippen molar-refractivity contribution in [2.24, 2.45) is 0 Å². The maximum Gasteiger partial charge on any atom is 0.261 e. The molecule has 2 aliphatic rings. The molecule has 28 heavy (non-hydrogen) atoms. The molecule has 0 spiro atoms. The van der Waals surface area contributed by atoms with Crippen LogP contribution in [0.4, 0.5) is 0 Å². The smallest absolute Gasteiger partial charge is 0.261 e. The van der Waals surface area contributed by atoms with Gasteiger partial charge in [-0.25, -0.2) is 0 Å². The number of carbonyl (C=O) groups excluding carboxylic acids is 1. The molecule has 0 radical (unpaired) electrons. The van der Waals surface area contributed by atoms with E-state index in [1.165, 1.54) is 15.9 Å². The van der Waals surface area contributed by atoms with Crippen LogP contribution >= 0.6 is 0 Å². The van der Waals surface area contributed by atoms with Gasteiger partial charge in [-0.3, -0.25) is 4.79 Å². The van der Waals surface area contributed by atoms with Crippen LogP contribution < -0.4 is 10.4 Å². The molecule has 1 aliphatic heterocycles. The molecule has 0 bridgehead atoms. The van der Waals surface area contributed by atoms with E-state index in [1.807, 2.05) is 0 Å². The molecule has 0 saturated carbocycles. The lowest BCUT2D eigenvalue weighted by molar-refractivity contribution is -0.116. The molecular weight excluding hydrogens is 364 g/mol. The van der Waals surface area contributed by atoms with Crippen molar-refractivity contribution in [2.45, 2.75) is 44.8 Å². The fraction of sp³-hybridized carbons (Fsp3) is 0.375. The largest absolute Gasteiger partial charge is 0.400 e. The van der Waals surface area contributed by atoms with Crippen LogP contribution in [0.2, 0.25) is 5.04 Å². The number of ether oxygens (including phenoxy) is 1. The third-order valence-corrected chi connectivity index (χ3v) is 11.0. The topological polar surface area (TPSA) is 35.5 Å². The summed E-state index contributed by atoms with van der Waals surface area (Å²) in [6.07, 6.45) is 1.10. The second-order valence-electron chi connectivity index (χ2n) is 8.70. The summed E-state index contributed by atoms with van der Waals surface area (Å²) in [6.45, 7) is 7.93. The van der Waals surface area contributed by atoms with Gasteiger partial charge in [0.05, 0.1) is 19.3 Å². The number of hydrogen-bond acceptors (Lipinski definition) is 3. The van der Waals surface area contributed by atoms with Gasteiger partial charge in [0, 0.05) is 12.0 Å². The Morgan fingerprint density at radius 3 is 2.07 bits per heavy atom. The van der Waals surface area contributed by atoms with E-state index in [-0.39, 0.29) is 16.9 Å². The van der Waals surface area contributed by atoms with Crippen molar-refractivity contribution >= 4 is 24.5 Å². The molecule has 3 nitrogen and oxygen atoms in total. The average Bonchev–Trinajstić information content (AvgIpc) is 3.02. The molecule has 0 fully saturated rings. The summed E-state index contributed by atoms with van der Waals surface area (Å²) in [5, 5.41) is 2.41. The van der Waals surface area contributed by atoms with Gasteiger partial charge in [-0.15, -0.1) is 0 Å². The molecule has 2 aromatic rings. The van der Waals surface area contributed by atoms with E-state index in [2.05, 4.69) is 81.4 Å². The first kappa shape index (κ1) is 19.3. The molecule has 1 aliphatic carbocycles. The van der Waals surface area contributed by atoms with E-state index in [9.17, 15) is 4.79 Å². The van der Waals surface area contributed by atoms with Crippen LogP contribution in [0.1, 0.15) is 33.6 Å². The Morgan fingerprint density at radius 1 is 0.964 bits per heavy atom. The standard InChI is InChI=1S/C24H28O3Si/c1-24(2,3)28(18-10-6-4-7-11-18,19-12-8-5-9-13-19)27-23-16-22(25)21-17-26-15-14-20(21)23/h4-13,23H,14-17H2,1-3H3. The van der Waals surface area contributed by atoms with Gasteiger partial charge in [0.25, 0.3) is 8.32 Å². The number of hydrogen-bond donors (Lipinski definition) is 0. The summed E-state index contributed by atoms with van der Waals surface area (Å²) < 4.78 is 12.7. The maximum absolute atomic E-state index is 12.6. The van der Waals surface area contributed by atoms with Gasteiger partial charge in [-0.2, -0.15) is 0 Å². The molecule has 0 N–H and O–H groups in total. The van der Waals surface area contributed by atoms with Crippen LogP contribution in [0.15, 0.2) is 71.8 Å². The predicted octanol–water partition coefficient (Wildman–Crippen LogP) is 3.62. The molecule has 1 atom stereocenters. The number of ketones is 1. The van der Waals surface area contributed by atoms with E-state index in [4.69, 9.17) is 9.16 Å². The summed E-state index contributed by atoms with van der Waals surface area (Å²) in [5.74, 6) is 0.192. The van der Waals surface area contributed by atoms with E-state index in [0.717, 1.165) is 12.0 Å². The summed E-state index contributed by atoms with van der Waals surface area (Å²) in [4.78, 5) is 12.6. The van der Waals surface area contributed by atoms with E-state index >= 15 is 0 Å². The first-order valence-corrected chi connectivity index (χ1v) is 12.0. The molecule has 4 rings (SSSR count). The lowest BCUT2D eigenvalue weighted by Crippen LogP contribution is -2.67. The summed E-state index contributed by atoms with van der Waals surface area (Å²) in [5.41, 5.74) is 2.03. The highest BCUT2D eigenvalue weighted by atomic mass is 28.4. The minimum absolute atomic E-state index is 0.0900. The fourth-order valence-corrected chi connectivity index (χ4v) is 9.31. The number of Topliss-reactive ketones (excluding diaryl/α,β-unsaturated/α-hetero) is 1. The van der Waals surface area contributed by atoms with E-state index < -0.39 is 8.32 Å². The van der Waals surface area contributed by atoms with Crippen molar-refractivity contribution in [3.8, 4) is 0 Å². The molecule has 4 heteroatoms. The summed E-state index contributed by atoms with van der Waals surface area (Å²) >= 11 is 0. The van der Waals surface area contributed by atoms with Gasteiger partial charge < -0.3 is 9.16 Å². The number of carbonyl (C=O) groups is 1. The van der Waals surface area contributed by atoms with Crippen LogP contribution in [0.25, 0.3) is 0 Å². The summed E-state index contributed by atoms with van der Waals surface area (Å²) in [6, 6.07) is 21.2. The normalized spacial score (nSPS) is 20.4. The molecule has 1 unspecified atom stereocenters. The monoisotopic (exact) mass is 392 g/mol. The van der Waals surface area contributed by atoms with Gasteiger partial charge in [0.2, 0.25) is 0 Å². The van der Waals surface area contributed by atoms with Gasteiger partial charge in [-0.05, 0) is 27.4 Å². The van der Waals surface area contributed by atoms with Crippen LogP contribution in [0.5, 0.6) is 0 Å². The Bertz CT molecular complexity index is 842. The zero-order valence-corrected chi connectivity index (χ0v) is 17.9. The van der Waals surface area contributed by atoms with Crippen molar-refractivity contribution in [1.29, 1.82) is 0 Å². The van der Waals surface area contributed by atoms with Crippen LogP contribution in [0, 0.1) is 0 Å².